The van der Waals surface area contributed by atoms with E-state index in [1.807, 2.05) is 43.0 Å². The van der Waals surface area contributed by atoms with Crippen molar-refractivity contribution in [2.45, 2.75) is 38.9 Å². The van der Waals surface area contributed by atoms with Crippen molar-refractivity contribution in [2.75, 3.05) is 13.1 Å². The minimum atomic E-state index is -0.601. The van der Waals surface area contributed by atoms with E-state index in [2.05, 4.69) is 20.8 Å². The van der Waals surface area contributed by atoms with Gasteiger partial charge in [-0.1, -0.05) is 18.2 Å². The van der Waals surface area contributed by atoms with Gasteiger partial charge >= 0.3 is 0 Å². The van der Waals surface area contributed by atoms with Crippen LogP contribution in [0.2, 0.25) is 0 Å². The molecule has 2 aromatic rings. The maximum absolute atomic E-state index is 12.7. The number of hydrogen-bond acceptors (Lipinski definition) is 4. The van der Waals surface area contributed by atoms with Crippen molar-refractivity contribution in [2.24, 2.45) is 0 Å². The molecule has 3 N–H and O–H groups in total. The van der Waals surface area contributed by atoms with Gasteiger partial charge in [0, 0.05) is 30.6 Å². The normalized spacial score (nSPS) is 22.4. The molecule has 3 atom stereocenters. The monoisotopic (exact) mass is 329 g/mol. The molecule has 1 aliphatic heterocycles. The highest BCUT2D eigenvalue weighted by Crippen LogP contribution is 2.16. The van der Waals surface area contributed by atoms with Crippen molar-refractivity contribution in [1.29, 1.82) is 0 Å². The number of amides is 2. The molecular formula is C17H23N5O2. The van der Waals surface area contributed by atoms with E-state index in [1.54, 1.807) is 6.92 Å². The lowest BCUT2D eigenvalue weighted by atomic mass is 10.1. The average Bonchev–Trinajstić information content (AvgIpc) is 2.98. The Kier molecular flexibility index (Phi) is 4.53. The number of hydrogen-bond donors (Lipinski definition) is 3. The molecule has 0 aliphatic carbocycles. The standard InChI is InChI=1S/C17H23N5O2/c1-10-8-18-9-11(2)22(10)17(24)12(3)19-16(23)15-13-6-4-5-7-14(13)20-21-15/h4-7,10-12,18H,8-9H2,1-3H3,(H,19,23)(H,20,21). The first-order valence-electron chi connectivity index (χ1n) is 8.26. The fraction of sp³-hybridized carbons (Fsp3) is 0.471. The topological polar surface area (TPSA) is 90.1 Å². The maximum atomic E-state index is 12.7. The van der Waals surface area contributed by atoms with Gasteiger partial charge in [0.2, 0.25) is 5.91 Å². The van der Waals surface area contributed by atoms with E-state index < -0.39 is 6.04 Å². The number of carbonyl (C=O) groups excluding carboxylic acids is 2. The quantitative estimate of drug-likeness (QED) is 0.780. The average molecular weight is 329 g/mol. The Hall–Kier alpha value is -2.41. The lowest BCUT2D eigenvalue weighted by Gasteiger charge is -2.40. The third-order valence-corrected chi connectivity index (χ3v) is 4.49. The van der Waals surface area contributed by atoms with Crippen molar-refractivity contribution in [1.82, 2.24) is 25.7 Å². The van der Waals surface area contributed by atoms with Crippen LogP contribution in [0.15, 0.2) is 24.3 Å². The molecule has 1 aromatic heterocycles. The third-order valence-electron chi connectivity index (χ3n) is 4.49. The molecule has 1 aliphatic rings. The molecule has 3 unspecified atom stereocenters. The number of H-pyrrole nitrogens is 1. The Bertz CT molecular complexity index is 746. The molecule has 1 fully saturated rings. The maximum Gasteiger partial charge on any atom is 0.273 e. The molecule has 7 nitrogen and oxygen atoms in total. The predicted molar refractivity (Wildman–Crippen MR) is 91.7 cm³/mol. The zero-order valence-corrected chi connectivity index (χ0v) is 14.2. The van der Waals surface area contributed by atoms with Gasteiger partial charge in [-0.3, -0.25) is 14.7 Å². The first-order valence-corrected chi connectivity index (χ1v) is 8.26. The molecule has 2 heterocycles. The number of piperazine rings is 1. The summed E-state index contributed by atoms with van der Waals surface area (Å²) < 4.78 is 0. The highest BCUT2D eigenvalue weighted by Gasteiger charge is 2.32. The fourth-order valence-corrected chi connectivity index (χ4v) is 3.25. The van der Waals surface area contributed by atoms with Crippen molar-refractivity contribution >= 4 is 22.7 Å². The van der Waals surface area contributed by atoms with Crippen LogP contribution in [0.1, 0.15) is 31.3 Å². The van der Waals surface area contributed by atoms with E-state index in [1.165, 1.54) is 0 Å². The summed E-state index contributed by atoms with van der Waals surface area (Å²) >= 11 is 0. The molecule has 1 aromatic carbocycles. The van der Waals surface area contributed by atoms with Gasteiger partial charge in [-0.25, -0.2) is 0 Å². The molecule has 3 rings (SSSR count). The van der Waals surface area contributed by atoms with Gasteiger partial charge in [-0.05, 0) is 26.8 Å². The van der Waals surface area contributed by atoms with Gasteiger partial charge in [0.15, 0.2) is 5.69 Å². The number of carbonyl (C=O) groups is 2. The summed E-state index contributed by atoms with van der Waals surface area (Å²) in [5.74, 6) is -0.409. The van der Waals surface area contributed by atoms with Gasteiger partial charge in [0.25, 0.3) is 5.91 Å². The summed E-state index contributed by atoms with van der Waals surface area (Å²) in [7, 11) is 0. The first kappa shape index (κ1) is 16.4. The minimum Gasteiger partial charge on any atom is -0.339 e. The van der Waals surface area contributed by atoms with Crippen molar-refractivity contribution in [3.05, 3.63) is 30.0 Å². The Morgan fingerprint density at radius 3 is 2.62 bits per heavy atom. The van der Waals surface area contributed by atoms with E-state index in [0.29, 0.717) is 5.69 Å². The Balaban J connectivity index is 1.73. The second kappa shape index (κ2) is 6.60. The molecule has 24 heavy (non-hydrogen) atoms. The number of aromatic amines is 1. The summed E-state index contributed by atoms with van der Waals surface area (Å²) in [6.45, 7) is 7.27. The summed E-state index contributed by atoms with van der Waals surface area (Å²) in [6, 6.07) is 7.03. The molecule has 0 spiro atoms. The number of para-hydroxylation sites is 1. The highest BCUT2D eigenvalue weighted by atomic mass is 16.2. The van der Waals surface area contributed by atoms with Gasteiger partial charge in [-0.2, -0.15) is 5.10 Å². The Labute approximate surface area is 140 Å². The SMILES string of the molecule is CC(NC(=O)c1n[nH]c2ccccc12)C(=O)N1C(C)CNCC1C. The number of nitrogens with one attached hydrogen (secondary N) is 3. The van der Waals surface area contributed by atoms with Crippen LogP contribution in [-0.2, 0) is 4.79 Å². The van der Waals surface area contributed by atoms with Crippen molar-refractivity contribution in [3.8, 4) is 0 Å². The van der Waals surface area contributed by atoms with E-state index in [-0.39, 0.29) is 23.9 Å². The fourth-order valence-electron chi connectivity index (χ4n) is 3.25. The summed E-state index contributed by atoms with van der Waals surface area (Å²) in [4.78, 5) is 27.1. The molecule has 2 amide bonds. The van der Waals surface area contributed by atoms with Gasteiger partial charge in [0.05, 0.1) is 5.52 Å². The van der Waals surface area contributed by atoms with Gasteiger partial charge in [-0.15, -0.1) is 0 Å². The minimum absolute atomic E-state index is 0.0651. The van der Waals surface area contributed by atoms with Gasteiger partial charge in [0.1, 0.15) is 6.04 Å². The molecular weight excluding hydrogens is 306 g/mol. The molecule has 7 heteroatoms. The largest absolute Gasteiger partial charge is 0.339 e. The van der Waals surface area contributed by atoms with Gasteiger partial charge < -0.3 is 15.5 Å². The molecule has 0 bridgehead atoms. The molecule has 1 saturated heterocycles. The van der Waals surface area contributed by atoms with E-state index in [4.69, 9.17) is 0 Å². The number of benzene rings is 1. The van der Waals surface area contributed by atoms with E-state index in [0.717, 1.165) is 24.0 Å². The predicted octanol–water partition coefficient (Wildman–Crippen LogP) is 0.890. The lowest BCUT2D eigenvalue weighted by Crippen LogP contribution is -2.61. The van der Waals surface area contributed by atoms with E-state index >= 15 is 0 Å². The zero-order chi connectivity index (χ0) is 17.3. The van der Waals surface area contributed by atoms with Crippen LogP contribution < -0.4 is 10.6 Å². The van der Waals surface area contributed by atoms with E-state index in [9.17, 15) is 9.59 Å². The third kappa shape index (κ3) is 2.99. The van der Waals surface area contributed by atoms with Crippen molar-refractivity contribution < 1.29 is 9.59 Å². The summed E-state index contributed by atoms with van der Waals surface area (Å²) in [6.07, 6.45) is 0. The second-order valence-electron chi connectivity index (χ2n) is 6.41. The van der Waals surface area contributed by atoms with Crippen LogP contribution in [0.4, 0.5) is 0 Å². The van der Waals surface area contributed by atoms with Crippen LogP contribution in [-0.4, -0.2) is 58.1 Å². The summed E-state index contributed by atoms with van der Waals surface area (Å²) in [5.41, 5.74) is 1.11. The zero-order valence-electron chi connectivity index (χ0n) is 14.2. The van der Waals surface area contributed by atoms with Crippen LogP contribution in [0.25, 0.3) is 10.9 Å². The second-order valence-corrected chi connectivity index (χ2v) is 6.41. The lowest BCUT2D eigenvalue weighted by molar-refractivity contribution is -0.138. The van der Waals surface area contributed by atoms with Crippen LogP contribution in [0.3, 0.4) is 0 Å². The van der Waals surface area contributed by atoms with Crippen molar-refractivity contribution in [3.63, 3.8) is 0 Å². The smallest absolute Gasteiger partial charge is 0.273 e. The van der Waals surface area contributed by atoms with Crippen LogP contribution in [0, 0.1) is 0 Å². The van der Waals surface area contributed by atoms with Crippen LogP contribution in [0.5, 0.6) is 0 Å². The summed E-state index contributed by atoms with van der Waals surface area (Å²) in [5, 5.41) is 13.7. The molecule has 0 saturated carbocycles. The Morgan fingerprint density at radius 1 is 1.25 bits per heavy atom. The number of nitrogens with zero attached hydrogens (tertiary/aromatic N) is 2. The van der Waals surface area contributed by atoms with Crippen LogP contribution >= 0.6 is 0 Å². The molecule has 0 radical (unpaired) electrons. The Morgan fingerprint density at radius 2 is 1.92 bits per heavy atom. The number of fused-ring (bicyclic) bond motifs is 1. The first-order chi connectivity index (χ1) is 11.5. The number of rotatable bonds is 3. The molecule has 128 valence electrons. The number of aromatic nitrogens is 2. The highest BCUT2D eigenvalue weighted by molar-refractivity contribution is 6.05.